The molecule has 2 unspecified atom stereocenters. The third-order valence-corrected chi connectivity index (χ3v) is 4.91. The van der Waals surface area contributed by atoms with Crippen molar-refractivity contribution in [2.24, 2.45) is 11.8 Å². The highest BCUT2D eigenvalue weighted by Crippen LogP contribution is 2.27. The molecule has 0 spiro atoms. The number of amides is 2. The van der Waals surface area contributed by atoms with Crippen molar-refractivity contribution in [2.45, 2.75) is 70.4 Å². The minimum Gasteiger partial charge on any atom is -0.481 e. The first kappa shape index (κ1) is 15.1. The summed E-state index contributed by atoms with van der Waals surface area (Å²) in [5.41, 5.74) is 0. The molecular weight excluding hydrogens is 256 g/mol. The molecule has 114 valence electrons. The lowest BCUT2D eigenvalue weighted by Crippen LogP contribution is -2.49. The monoisotopic (exact) mass is 282 g/mol. The zero-order valence-corrected chi connectivity index (χ0v) is 12.2. The van der Waals surface area contributed by atoms with E-state index in [1.54, 1.807) is 0 Å². The van der Waals surface area contributed by atoms with Gasteiger partial charge in [-0.25, -0.2) is 4.79 Å². The van der Waals surface area contributed by atoms with E-state index < -0.39 is 11.9 Å². The van der Waals surface area contributed by atoms with Gasteiger partial charge in [0.25, 0.3) is 0 Å². The molecule has 0 bridgehead atoms. The summed E-state index contributed by atoms with van der Waals surface area (Å²) in [6.45, 7) is 2.22. The number of carboxylic acid groups (broad SMARTS) is 1. The summed E-state index contributed by atoms with van der Waals surface area (Å²) in [5.74, 6) is -0.407. The van der Waals surface area contributed by atoms with Gasteiger partial charge < -0.3 is 15.7 Å². The van der Waals surface area contributed by atoms with Crippen LogP contribution in [0.25, 0.3) is 0 Å². The zero-order chi connectivity index (χ0) is 14.5. The van der Waals surface area contributed by atoms with Gasteiger partial charge in [0.15, 0.2) is 0 Å². The average molecular weight is 282 g/mol. The third-order valence-electron chi connectivity index (χ3n) is 4.91. The van der Waals surface area contributed by atoms with Crippen molar-refractivity contribution in [3.05, 3.63) is 0 Å². The Morgan fingerprint density at radius 2 is 1.75 bits per heavy atom. The van der Waals surface area contributed by atoms with Gasteiger partial charge in [0.1, 0.15) is 0 Å². The van der Waals surface area contributed by atoms with E-state index in [1.165, 1.54) is 19.3 Å². The minimum atomic E-state index is -0.795. The van der Waals surface area contributed by atoms with E-state index in [0.717, 1.165) is 31.6 Å². The highest BCUT2D eigenvalue weighted by atomic mass is 16.4. The van der Waals surface area contributed by atoms with Crippen molar-refractivity contribution in [3.8, 4) is 0 Å². The smallest absolute Gasteiger partial charge is 0.315 e. The van der Waals surface area contributed by atoms with Crippen LogP contribution in [0.15, 0.2) is 0 Å². The van der Waals surface area contributed by atoms with Crippen LogP contribution in [0.5, 0.6) is 0 Å². The predicted octanol–water partition coefficient (Wildman–Crippen LogP) is 2.51. The number of carbonyl (C=O) groups is 2. The molecule has 0 radical (unpaired) electrons. The number of hydrogen-bond acceptors (Lipinski definition) is 2. The van der Waals surface area contributed by atoms with Gasteiger partial charge in [-0.15, -0.1) is 0 Å². The molecule has 2 saturated carbocycles. The van der Waals surface area contributed by atoms with Gasteiger partial charge in [0.05, 0.1) is 5.92 Å². The van der Waals surface area contributed by atoms with Crippen LogP contribution in [0.2, 0.25) is 0 Å². The number of hydrogen-bond donors (Lipinski definition) is 3. The van der Waals surface area contributed by atoms with Crippen molar-refractivity contribution in [1.29, 1.82) is 0 Å². The first-order chi connectivity index (χ1) is 9.60. The summed E-state index contributed by atoms with van der Waals surface area (Å²) in [6.07, 6.45) is 7.99. The Hall–Kier alpha value is -1.26. The van der Waals surface area contributed by atoms with Crippen LogP contribution >= 0.6 is 0 Å². The molecule has 2 aliphatic rings. The molecule has 20 heavy (non-hydrogen) atoms. The quantitative estimate of drug-likeness (QED) is 0.741. The second kappa shape index (κ2) is 6.95. The zero-order valence-electron chi connectivity index (χ0n) is 12.2. The molecule has 2 fully saturated rings. The predicted molar refractivity (Wildman–Crippen MR) is 76.5 cm³/mol. The maximum Gasteiger partial charge on any atom is 0.315 e. The molecule has 0 aromatic rings. The SMILES string of the molecule is CCC1CCC(NC(=O)NC2CCCC2C(=O)O)CC1. The van der Waals surface area contributed by atoms with E-state index in [9.17, 15) is 9.59 Å². The van der Waals surface area contributed by atoms with Gasteiger partial charge in [-0.3, -0.25) is 4.79 Å². The fourth-order valence-electron chi connectivity index (χ4n) is 3.54. The van der Waals surface area contributed by atoms with E-state index in [2.05, 4.69) is 17.6 Å². The Morgan fingerprint density at radius 1 is 1.05 bits per heavy atom. The van der Waals surface area contributed by atoms with Crippen LogP contribution in [-0.2, 0) is 4.79 Å². The van der Waals surface area contributed by atoms with Gasteiger partial charge in [-0.2, -0.15) is 0 Å². The topological polar surface area (TPSA) is 78.4 Å². The molecule has 2 rings (SSSR count). The van der Waals surface area contributed by atoms with Gasteiger partial charge in [0, 0.05) is 12.1 Å². The number of carboxylic acids is 1. The molecule has 5 nitrogen and oxygen atoms in total. The van der Waals surface area contributed by atoms with Crippen molar-refractivity contribution >= 4 is 12.0 Å². The van der Waals surface area contributed by atoms with Crippen LogP contribution in [0.3, 0.4) is 0 Å². The minimum absolute atomic E-state index is 0.192. The van der Waals surface area contributed by atoms with E-state index >= 15 is 0 Å². The third kappa shape index (κ3) is 3.87. The largest absolute Gasteiger partial charge is 0.481 e. The highest BCUT2D eigenvalue weighted by Gasteiger charge is 2.34. The fraction of sp³-hybridized carbons (Fsp3) is 0.867. The summed E-state index contributed by atoms with van der Waals surface area (Å²) in [7, 11) is 0. The summed E-state index contributed by atoms with van der Waals surface area (Å²) in [5, 5.41) is 15.0. The lowest BCUT2D eigenvalue weighted by atomic mass is 9.84. The Balaban J connectivity index is 1.74. The van der Waals surface area contributed by atoms with Crippen LogP contribution in [0, 0.1) is 11.8 Å². The number of rotatable bonds is 4. The Labute approximate surface area is 120 Å². The summed E-state index contributed by atoms with van der Waals surface area (Å²) in [6, 6.07) is -0.148. The molecule has 0 aromatic heterocycles. The van der Waals surface area contributed by atoms with Gasteiger partial charge in [-0.1, -0.05) is 19.8 Å². The maximum absolute atomic E-state index is 12.0. The summed E-state index contributed by atoms with van der Waals surface area (Å²) < 4.78 is 0. The molecule has 0 heterocycles. The lowest BCUT2D eigenvalue weighted by Gasteiger charge is -2.29. The molecular formula is C15H26N2O3. The normalized spacial score (nSPS) is 33.6. The van der Waals surface area contributed by atoms with Crippen molar-refractivity contribution < 1.29 is 14.7 Å². The molecule has 0 saturated heterocycles. The molecule has 5 heteroatoms. The number of carbonyl (C=O) groups excluding carboxylic acids is 1. The maximum atomic E-state index is 12.0. The lowest BCUT2D eigenvalue weighted by molar-refractivity contribution is -0.142. The van der Waals surface area contributed by atoms with E-state index in [4.69, 9.17) is 5.11 Å². The van der Waals surface area contributed by atoms with Crippen molar-refractivity contribution in [2.75, 3.05) is 0 Å². The van der Waals surface area contributed by atoms with Crippen LogP contribution in [0.1, 0.15) is 58.3 Å². The second-order valence-corrected chi connectivity index (χ2v) is 6.23. The highest BCUT2D eigenvalue weighted by molar-refractivity contribution is 5.77. The first-order valence-corrected chi connectivity index (χ1v) is 7.90. The van der Waals surface area contributed by atoms with Gasteiger partial charge in [0.2, 0.25) is 0 Å². The Kier molecular flexibility index (Phi) is 5.26. The fourth-order valence-corrected chi connectivity index (χ4v) is 3.54. The molecule has 2 aliphatic carbocycles. The van der Waals surface area contributed by atoms with Crippen LogP contribution in [0.4, 0.5) is 4.79 Å². The molecule has 3 N–H and O–H groups in total. The molecule has 2 amide bonds. The van der Waals surface area contributed by atoms with Gasteiger partial charge in [-0.05, 0) is 44.4 Å². The number of urea groups is 1. The van der Waals surface area contributed by atoms with Crippen molar-refractivity contribution in [3.63, 3.8) is 0 Å². The second-order valence-electron chi connectivity index (χ2n) is 6.23. The summed E-state index contributed by atoms with van der Waals surface area (Å²) >= 11 is 0. The molecule has 0 aromatic carbocycles. The Bertz CT molecular complexity index is 351. The Morgan fingerprint density at radius 3 is 2.35 bits per heavy atom. The van der Waals surface area contributed by atoms with E-state index in [0.29, 0.717) is 6.42 Å². The van der Waals surface area contributed by atoms with Gasteiger partial charge >= 0.3 is 12.0 Å². The van der Waals surface area contributed by atoms with Crippen LogP contribution in [-0.4, -0.2) is 29.2 Å². The van der Waals surface area contributed by atoms with E-state index in [-0.39, 0.29) is 18.1 Å². The standard InChI is InChI=1S/C15H26N2O3/c1-2-10-6-8-11(9-7-10)16-15(20)17-13-5-3-4-12(13)14(18)19/h10-13H,2-9H2,1H3,(H,18,19)(H2,16,17,20). The summed E-state index contributed by atoms with van der Waals surface area (Å²) in [4.78, 5) is 23.1. The van der Waals surface area contributed by atoms with Crippen LogP contribution < -0.4 is 10.6 Å². The van der Waals surface area contributed by atoms with Crippen molar-refractivity contribution in [1.82, 2.24) is 10.6 Å². The molecule has 0 aliphatic heterocycles. The molecule has 2 atom stereocenters. The number of nitrogens with one attached hydrogen (secondary N) is 2. The first-order valence-electron chi connectivity index (χ1n) is 7.90. The average Bonchev–Trinajstić information content (AvgIpc) is 2.87. The van der Waals surface area contributed by atoms with E-state index in [1.807, 2.05) is 0 Å². The number of aliphatic carboxylic acids is 1.